The van der Waals surface area contributed by atoms with Gasteiger partial charge in [0.1, 0.15) is 18.2 Å². The van der Waals surface area contributed by atoms with Crippen molar-refractivity contribution >= 4 is 0 Å². The molecular weight excluding hydrogens is 246 g/mol. The van der Waals surface area contributed by atoms with Crippen molar-refractivity contribution in [2.75, 3.05) is 20.3 Å². The summed E-state index contributed by atoms with van der Waals surface area (Å²) in [7, 11) is 1.71. The van der Waals surface area contributed by atoms with Crippen molar-refractivity contribution in [1.82, 2.24) is 20.2 Å². The van der Waals surface area contributed by atoms with Crippen molar-refractivity contribution in [1.29, 1.82) is 0 Å². The monoisotopic (exact) mass is 269 g/mol. The minimum atomic E-state index is -0.396. The van der Waals surface area contributed by atoms with Crippen molar-refractivity contribution in [3.63, 3.8) is 0 Å². The molecule has 1 atom stereocenters. The first kappa shape index (κ1) is 14.4. The van der Waals surface area contributed by atoms with Crippen molar-refractivity contribution in [2.45, 2.75) is 44.4 Å². The Hall–Kier alpha value is -1.02. The molecule has 7 heteroatoms. The van der Waals surface area contributed by atoms with Crippen LogP contribution in [0.1, 0.15) is 44.6 Å². The van der Waals surface area contributed by atoms with Crippen molar-refractivity contribution in [2.24, 2.45) is 5.84 Å². The minimum Gasteiger partial charge on any atom is -0.381 e. The summed E-state index contributed by atoms with van der Waals surface area (Å²) in [5.41, 5.74) is 2.46. The molecule has 1 aromatic heterocycles. The normalized spacial score (nSPS) is 20.7. The van der Waals surface area contributed by atoms with Gasteiger partial charge >= 0.3 is 0 Å². The summed E-state index contributed by atoms with van der Waals surface area (Å²) in [4.78, 5) is 4.37. The van der Waals surface area contributed by atoms with Crippen LogP contribution in [0.25, 0.3) is 0 Å². The molecule has 1 saturated heterocycles. The first-order chi connectivity index (χ1) is 9.14. The van der Waals surface area contributed by atoms with Gasteiger partial charge in [0.05, 0.1) is 5.60 Å². The Kier molecular flexibility index (Phi) is 4.51. The smallest absolute Gasteiger partial charge is 0.148 e. The van der Waals surface area contributed by atoms with Gasteiger partial charge in [-0.3, -0.25) is 5.84 Å². The second-order valence-corrected chi connectivity index (χ2v) is 5.14. The van der Waals surface area contributed by atoms with Crippen LogP contribution in [0, 0.1) is 0 Å². The number of hydrogen-bond acceptors (Lipinski definition) is 6. The molecule has 1 aliphatic heterocycles. The molecule has 0 saturated carbocycles. The zero-order valence-electron chi connectivity index (χ0n) is 11.8. The van der Waals surface area contributed by atoms with Gasteiger partial charge in [0.25, 0.3) is 0 Å². The lowest BCUT2D eigenvalue weighted by molar-refractivity contribution is -0.114. The van der Waals surface area contributed by atoms with E-state index < -0.39 is 5.60 Å². The van der Waals surface area contributed by atoms with Crippen LogP contribution in [0.5, 0.6) is 0 Å². The second kappa shape index (κ2) is 5.96. The molecule has 108 valence electrons. The molecule has 3 N–H and O–H groups in total. The van der Waals surface area contributed by atoms with Crippen molar-refractivity contribution < 1.29 is 9.47 Å². The molecule has 0 aliphatic carbocycles. The zero-order chi connectivity index (χ0) is 13.9. The third-order valence-electron chi connectivity index (χ3n) is 3.79. The van der Waals surface area contributed by atoms with E-state index in [2.05, 4.69) is 29.4 Å². The van der Waals surface area contributed by atoms with Crippen LogP contribution in [0.4, 0.5) is 0 Å². The standard InChI is InChI=1S/C12H23N5O2/c1-9(2)17-11(14-8-15-17)10(16-13)12(18-3)4-6-19-7-5-12/h8-10,16H,4-7,13H2,1-3H3. The number of hydrazine groups is 1. The van der Waals surface area contributed by atoms with E-state index in [-0.39, 0.29) is 12.1 Å². The first-order valence-corrected chi connectivity index (χ1v) is 6.63. The molecule has 19 heavy (non-hydrogen) atoms. The third-order valence-corrected chi connectivity index (χ3v) is 3.79. The molecule has 7 nitrogen and oxygen atoms in total. The van der Waals surface area contributed by atoms with Gasteiger partial charge in [-0.15, -0.1) is 0 Å². The highest BCUT2D eigenvalue weighted by Gasteiger charge is 2.43. The SMILES string of the molecule is COC1(C(NN)c2ncnn2C(C)C)CCOCC1. The average molecular weight is 269 g/mol. The summed E-state index contributed by atoms with van der Waals surface area (Å²) in [5.74, 6) is 6.58. The number of nitrogens with one attached hydrogen (secondary N) is 1. The van der Waals surface area contributed by atoms with Gasteiger partial charge in [-0.05, 0) is 13.8 Å². The molecule has 2 rings (SSSR count). The third kappa shape index (κ3) is 2.64. The Morgan fingerprint density at radius 3 is 2.68 bits per heavy atom. The molecule has 0 radical (unpaired) electrons. The van der Waals surface area contributed by atoms with E-state index in [9.17, 15) is 0 Å². The van der Waals surface area contributed by atoms with E-state index in [0.29, 0.717) is 13.2 Å². The van der Waals surface area contributed by atoms with Crippen LogP contribution in [-0.4, -0.2) is 40.7 Å². The van der Waals surface area contributed by atoms with E-state index in [1.165, 1.54) is 0 Å². The van der Waals surface area contributed by atoms with E-state index in [0.717, 1.165) is 18.7 Å². The number of nitrogens with zero attached hydrogens (tertiary/aromatic N) is 3. The molecule has 1 fully saturated rings. The number of nitrogens with two attached hydrogens (primary N) is 1. The fraction of sp³-hybridized carbons (Fsp3) is 0.833. The Morgan fingerprint density at radius 1 is 1.47 bits per heavy atom. The van der Waals surface area contributed by atoms with Crippen LogP contribution in [0.3, 0.4) is 0 Å². The summed E-state index contributed by atoms with van der Waals surface area (Å²) < 4.78 is 13.1. The van der Waals surface area contributed by atoms with E-state index >= 15 is 0 Å². The molecule has 2 heterocycles. The lowest BCUT2D eigenvalue weighted by Crippen LogP contribution is -2.52. The minimum absolute atomic E-state index is 0.203. The Bertz CT molecular complexity index is 401. The maximum Gasteiger partial charge on any atom is 0.148 e. The molecule has 0 aromatic carbocycles. The second-order valence-electron chi connectivity index (χ2n) is 5.14. The predicted octanol–water partition coefficient (Wildman–Crippen LogP) is 0.559. The highest BCUT2D eigenvalue weighted by molar-refractivity contribution is 5.06. The van der Waals surface area contributed by atoms with Crippen LogP contribution < -0.4 is 11.3 Å². The molecule has 1 aliphatic rings. The van der Waals surface area contributed by atoms with Crippen LogP contribution in [-0.2, 0) is 9.47 Å². The van der Waals surface area contributed by atoms with Crippen LogP contribution in [0.15, 0.2) is 6.33 Å². The number of rotatable bonds is 5. The average Bonchev–Trinajstić information content (AvgIpc) is 2.90. The van der Waals surface area contributed by atoms with E-state index in [1.54, 1.807) is 13.4 Å². The Labute approximate surface area is 113 Å². The Balaban J connectivity index is 2.34. The zero-order valence-corrected chi connectivity index (χ0v) is 11.8. The van der Waals surface area contributed by atoms with Crippen LogP contribution in [0.2, 0.25) is 0 Å². The molecule has 0 spiro atoms. The van der Waals surface area contributed by atoms with Gasteiger partial charge in [-0.2, -0.15) is 5.10 Å². The highest BCUT2D eigenvalue weighted by atomic mass is 16.5. The quantitative estimate of drug-likeness (QED) is 0.600. The van der Waals surface area contributed by atoms with E-state index in [4.69, 9.17) is 15.3 Å². The Morgan fingerprint density at radius 2 is 2.16 bits per heavy atom. The van der Waals surface area contributed by atoms with Gasteiger partial charge in [0, 0.05) is 39.2 Å². The van der Waals surface area contributed by atoms with Gasteiger partial charge in [0.2, 0.25) is 0 Å². The van der Waals surface area contributed by atoms with E-state index in [1.807, 2.05) is 4.68 Å². The highest BCUT2D eigenvalue weighted by Crippen LogP contribution is 2.36. The molecule has 1 unspecified atom stereocenters. The summed E-state index contributed by atoms with van der Waals surface area (Å²) >= 11 is 0. The lowest BCUT2D eigenvalue weighted by atomic mass is 9.85. The first-order valence-electron chi connectivity index (χ1n) is 6.63. The summed E-state index contributed by atoms with van der Waals surface area (Å²) in [6.07, 6.45) is 3.12. The largest absolute Gasteiger partial charge is 0.381 e. The molecular formula is C12H23N5O2. The number of aromatic nitrogens is 3. The van der Waals surface area contributed by atoms with Crippen molar-refractivity contribution in [3.8, 4) is 0 Å². The predicted molar refractivity (Wildman–Crippen MR) is 70.3 cm³/mol. The molecule has 1 aromatic rings. The van der Waals surface area contributed by atoms with Crippen molar-refractivity contribution in [3.05, 3.63) is 12.2 Å². The molecule has 0 amide bonds. The topological polar surface area (TPSA) is 87.2 Å². The lowest BCUT2D eigenvalue weighted by Gasteiger charge is -2.41. The fourth-order valence-electron chi connectivity index (χ4n) is 2.65. The maximum atomic E-state index is 5.79. The molecule has 0 bridgehead atoms. The summed E-state index contributed by atoms with van der Waals surface area (Å²) in [5, 5.41) is 4.27. The van der Waals surface area contributed by atoms with Gasteiger partial charge in [-0.1, -0.05) is 0 Å². The summed E-state index contributed by atoms with van der Waals surface area (Å²) in [6.45, 7) is 5.47. The number of methoxy groups -OCH3 is 1. The number of hydrogen-bond donors (Lipinski definition) is 2. The van der Waals surface area contributed by atoms with Gasteiger partial charge in [0.15, 0.2) is 0 Å². The van der Waals surface area contributed by atoms with Gasteiger partial charge in [-0.25, -0.2) is 15.1 Å². The van der Waals surface area contributed by atoms with Gasteiger partial charge < -0.3 is 9.47 Å². The van der Waals surface area contributed by atoms with Crippen LogP contribution >= 0.6 is 0 Å². The summed E-state index contributed by atoms with van der Waals surface area (Å²) in [6, 6.07) is 0.0217. The maximum absolute atomic E-state index is 5.79. The number of ether oxygens (including phenoxy) is 2. The fourth-order valence-corrected chi connectivity index (χ4v) is 2.65.